The third-order valence-corrected chi connectivity index (χ3v) is 3.31. The van der Waals surface area contributed by atoms with Gasteiger partial charge in [0.1, 0.15) is 5.56 Å². The van der Waals surface area contributed by atoms with Gasteiger partial charge < -0.3 is 16.0 Å². The Morgan fingerprint density at radius 3 is 2.42 bits per heavy atom. The highest BCUT2D eigenvalue weighted by molar-refractivity contribution is 5.93. The molecule has 0 radical (unpaired) electrons. The minimum atomic E-state index is -0.410. The van der Waals surface area contributed by atoms with Crippen molar-refractivity contribution in [3.63, 3.8) is 0 Å². The topological polar surface area (TPSA) is 88.0 Å². The molecule has 1 amide bonds. The fraction of sp³-hybridized carbons (Fsp3) is 0.538. The molecule has 0 unspecified atom stereocenters. The van der Waals surface area contributed by atoms with E-state index in [1.807, 2.05) is 13.8 Å². The lowest BCUT2D eigenvalue weighted by Gasteiger charge is -2.26. The normalized spacial score (nSPS) is 10.7. The van der Waals surface area contributed by atoms with Crippen molar-refractivity contribution in [2.45, 2.75) is 39.2 Å². The second kappa shape index (κ2) is 7.31. The van der Waals surface area contributed by atoms with Crippen molar-refractivity contribution >= 4 is 18.3 Å². The number of nitrogens with two attached hydrogens (primary N) is 1. The number of carbonyl (C=O) groups is 1. The summed E-state index contributed by atoms with van der Waals surface area (Å²) in [4.78, 5) is 26.1. The number of rotatable bonds is 5. The lowest BCUT2D eigenvalue weighted by atomic mass is 9.94. The van der Waals surface area contributed by atoms with Gasteiger partial charge in [0.25, 0.3) is 11.5 Å². The van der Waals surface area contributed by atoms with Crippen LogP contribution in [0.5, 0.6) is 0 Å². The van der Waals surface area contributed by atoms with Crippen LogP contribution in [-0.4, -0.2) is 23.0 Å². The van der Waals surface area contributed by atoms with Crippen LogP contribution in [-0.2, 0) is 0 Å². The molecule has 0 bridgehead atoms. The molecule has 1 aromatic rings. The van der Waals surface area contributed by atoms with E-state index in [2.05, 4.69) is 10.3 Å². The van der Waals surface area contributed by atoms with Crippen molar-refractivity contribution in [3.05, 3.63) is 33.7 Å². The first kappa shape index (κ1) is 17.7. The molecule has 0 saturated heterocycles. The zero-order valence-electron chi connectivity index (χ0n) is 11.6. The van der Waals surface area contributed by atoms with Crippen molar-refractivity contribution < 1.29 is 4.79 Å². The number of aromatic amines is 1. The van der Waals surface area contributed by atoms with Crippen molar-refractivity contribution in [2.24, 2.45) is 5.73 Å². The number of H-pyrrole nitrogens is 1. The van der Waals surface area contributed by atoms with E-state index in [-0.39, 0.29) is 29.4 Å². The van der Waals surface area contributed by atoms with Crippen molar-refractivity contribution in [1.29, 1.82) is 0 Å². The minimum absolute atomic E-state index is 0. The van der Waals surface area contributed by atoms with Crippen molar-refractivity contribution in [3.8, 4) is 0 Å². The molecule has 1 rings (SSSR count). The summed E-state index contributed by atoms with van der Waals surface area (Å²) in [6.45, 7) is 6.09. The quantitative estimate of drug-likeness (QED) is 0.764. The Labute approximate surface area is 119 Å². The van der Waals surface area contributed by atoms with Crippen LogP contribution in [0.25, 0.3) is 0 Å². The molecule has 1 aromatic heterocycles. The Hall–Kier alpha value is -1.33. The van der Waals surface area contributed by atoms with Gasteiger partial charge in [0.05, 0.1) is 0 Å². The van der Waals surface area contributed by atoms with Gasteiger partial charge in [-0.25, -0.2) is 0 Å². The van der Waals surface area contributed by atoms with Gasteiger partial charge in [0, 0.05) is 17.8 Å². The molecule has 0 aliphatic heterocycles. The Morgan fingerprint density at radius 2 is 1.95 bits per heavy atom. The van der Waals surface area contributed by atoms with Crippen LogP contribution in [0.15, 0.2) is 16.9 Å². The fourth-order valence-electron chi connectivity index (χ4n) is 1.60. The molecule has 0 aliphatic rings. The Bertz CT molecular complexity index is 481. The van der Waals surface area contributed by atoms with Crippen LogP contribution in [0.4, 0.5) is 0 Å². The number of halogens is 1. The summed E-state index contributed by atoms with van der Waals surface area (Å²) in [6, 6.07) is 3.23. The molecular weight excluding hydrogens is 266 g/mol. The average molecular weight is 288 g/mol. The number of pyridine rings is 1. The van der Waals surface area contributed by atoms with Gasteiger partial charge in [-0.2, -0.15) is 0 Å². The highest BCUT2D eigenvalue weighted by atomic mass is 35.5. The molecule has 0 fully saturated rings. The van der Waals surface area contributed by atoms with Gasteiger partial charge in [0.2, 0.25) is 0 Å². The maximum Gasteiger partial charge on any atom is 0.260 e. The predicted octanol–water partition coefficient (Wildman–Crippen LogP) is 1.35. The number of carbonyl (C=O) groups excluding carboxylic acids is 1. The van der Waals surface area contributed by atoms with Crippen LogP contribution in [0.3, 0.4) is 0 Å². The number of aromatic nitrogens is 1. The summed E-state index contributed by atoms with van der Waals surface area (Å²) in [6.07, 6.45) is 1.54. The number of hydrogen-bond acceptors (Lipinski definition) is 3. The second-order valence-corrected chi connectivity index (χ2v) is 4.64. The molecule has 4 N–H and O–H groups in total. The van der Waals surface area contributed by atoms with Crippen LogP contribution in [0.2, 0.25) is 0 Å². The molecule has 5 nitrogen and oxygen atoms in total. The van der Waals surface area contributed by atoms with E-state index in [0.717, 1.165) is 18.5 Å². The fourth-order valence-corrected chi connectivity index (χ4v) is 1.60. The largest absolute Gasteiger partial charge is 0.350 e. The summed E-state index contributed by atoms with van der Waals surface area (Å²) < 4.78 is 0. The third kappa shape index (κ3) is 4.69. The van der Waals surface area contributed by atoms with E-state index in [9.17, 15) is 9.59 Å². The van der Waals surface area contributed by atoms with Crippen LogP contribution in [0, 0.1) is 6.92 Å². The highest BCUT2D eigenvalue weighted by Gasteiger charge is 2.21. The summed E-state index contributed by atoms with van der Waals surface area (Å²) in [7, 11) is 0. The predicted molar refractivity (Wildman–Crippen MR) is 78.9 cm³/mol. The van der Waals surface area contributed by atoms with Gasteiger partial charge in [-0.05, 0) is 31.9 Å². The van der Waals surface area contributed by atoms with Gasteiger partial charge in [-0.3, -0.25) is 9.59 Å². The molecule has 0 saturated carbocycles. The molecule has 19 heavy (non-hydrogen) atoms. The summed E-state index contributed by atoms with van der Waals surface area (Å²) >= 11 is 0. The van der Waals surface area contributed by atoms with Crippen LogP contribution >= 0.6 is 12.4 Å². The molecule has 6 heteroatoms. The van der Waals surface area contributed by atoms with Gasteiger partial charge in [0.15, 0.2) is 0 Å². The number of amides is 1. The smallest absolute Gasteiger partial charge is 0.260 e. The SMILES string of the molecule is CCC(N)(CC)CNC(=O)c1ccc(C)[nH]c1=O.Cl. The molecule has 1 heterocycles. The van der Waals surface area contributed by atoms with E-state index in [1.165, 1.54) is 6.07 Å². The highest BCUT2D eigenvalue weighted by Crippen LogP contribution is 2.09. The van der Waals surface area contributed by atoms with Gasteiger partial charge >= 0.3 is 0 Å². The summed E-state index contributed by atoms with van der Waals surface area (Å²) in [5.41, 5.74) is 6.15. The first-order valence-corrected chi connectivity index (χ1v) is 6.19. The first-order chi connectivity index (χ1) is 8.41. The standard InChI is InChI=1S/C13H21N3O2.ClH/c1-4-13(14,5-2)8-15-11(17)10-7-6-9(3)16-12(10)18;/h6-7H,4-5,8,14H2,1-3H3,(H,15,17)(H,16,18);1H. The molecule has 0 spiro atoms. The molecule has 0 atom stereocenters. The Kier molecular flexibility index (Phi) is 6.79. The molecule has 0 aliphatic carbocycles. The lowest BCUT2D eigenvalue weighted by Crippen LogP contribution is -2.49. The average Bonchev–Trinajstić information content (AvgIpc) is 2.35. The number of aryl methyl sites for hydroxylation is 1. The Balaban J connectivity index is 0.00000324. The summed E-state index contributed by atoms with van der Waals surface area (Å²) in [5, 5.41) is 2.72. The molecule has 108 valence electrons. The lowest BCUT2D eigenvalue weighted by molar-refractivity contribution is 0.0940. The van der Waals surface area contributed by atoms with E-state index >= 15 is 0 Å². The van der Waals surface area contributed by atoms with Crippen molar-refractivity contribution in [1.82, 2.24) is 10.3 Å². The minimum Gasteiger partial charge on any atom is -0.350 e. The zero-order valence-corrected chi connectivity index (χ0v) is 12.4. The molecule has 0 aromatic carbocycles. The van der Waals surface area contributed by atoms with E-state index in [0.29, 0.717) is 6.54 Å². The van der Waals surface area contributed by atoms with Crippen LogP contribution < -0.4 is 16.6 Å². The van der Waals surface area contributed by atoms with Crippen LogP contribution in [0.1, 0.15) is 42.7 Å². The van der Waals surface area contributed by atoms with Gasteiger partial charge in [-0.1, -0.05) is 13.8 Å². The zero-order chi connectivity index (χ0) is 13.8. The first-order valence-electron chi connectivity index (χ1n) is 6.19. The van der Waals surface area contributed by atoms with Crippen molar-refractivity contribution in [2.75, 3.05) is 6.54 Å². The summed E-state index contributed by atoms with van der Waals surface area (Å²) in [5.74, 6) is -0.382. The van der Waals surface area contributed by atoms with E-state index in [1.54, 1.807) is 13.0 Å². The number of nitrogens with one attached hydrogen (secondary N) is 2. The number of hydrogen-bond donors (Lipinski definition) is 3. The monoisotopic (exact) mass is 287 g/mol. The maximum atomic E-state index is 11.9. The van der Waals surface area contributed by atoms with Gasteiger partial charge in [-0.15, -0.1) is 12.4 Å². The van der Waals surface area contributed by atoms with E-state index < -0.39 is 5.54 Å². The Morgan fingerprint density at radius 1 is 1.37 bits per heavy atom. The van der Waals surface area contributed by atoms with E-state index in [4.69, 9.17) is 5.73 Å². The third-order valence-electron chi connectivity index (χ3n) is 3.31. The second-order valence-electron chi connectivity index (χ2n) is 4.64. The maximum absolute atomic E-state index is 11.9. The molecular formula is C13H22ClN3O2.